The Bertz CT molecular complexity index is 1600. The van der Waals surface area contributed by atoms with Crippen molar-refractivity contribution in [3.05, 3.63) is 63.1 Å². The van der Waals surface area contributed by atoms with Gasteiger partial charge >= 0.3 is 6.16 Å². The third kappa shape index (κ3) is 6.34. The number of hydrogen-bond acceptors (Lipinski definition) is 10. The molecule has 0 unspecified atom stereocenters. The van der Waals surface area contributed by atoms with Gasteiger partial charge in [-0.1, -0.05) is 11.2 Å². The quantitative estimate of drug-likeness (QED) is 0.323. The number of pyridine rings is 1. The van der Waals surface area contributed by atoms with Crippen molar-refractivity contribution in [2.24, 2.45) is 5.16 Å². The minimum absolute atomic E-state index is 0. The molecule has 4 atom stereocenters. The fourth-order valence-corrected chi connectivity index (χ4v) is 5.95. The van der Waals surface area contributed by atoms with Crippen LogP contribution in [0.5, 0.6) is 5.75 Å². The Balaban J connectivity index is 0.00000480. The first-order valence-corrected chi connectivity index (χ1v) is 14.4. The van der Waals surface area contributed by atoms with E-state index in [9.17, 15) is 28.0 Å². The van der Waals surface area contributed by atoms with Crippen LogP contribution in [0.4, 0.5) is 13.6 Å². The van der Waals surface area contributed by atoms with Crippen molar-refractivity contribution in [3.63, 3.8) is 0 Å². The van der Waals surface area contributed by atoms with Crippen molar-refractivity contribution >= 4 is 23.7 Å². The number of carbonyl (C=O) groups is 3. The van der Waals surface area contributed by atoms with Gasteiger partial charge in [0, 0.05) is 51.9 Å². The zero-order valence-electron chi connectivity index (χ0n) is 25.3. The number of nitrogens with zero attached hydrogens (tertiary/aromatic N) is 3. The molecule has 1 saturated heterocycles. The van der Waals surface area contributed by atoms with Gasteiger partial charge in [-0.2, -0.15) is 0 Å². The van der Waals surface area contributed by atoms with Crippen molar-refractivity contribution in [1.29, 1.82) is 0 Å². The maximum Gasteiger partial charge on any atom is 0.511 e. The molecule has 13 nitrogen and oxygen atoms in total. The summed E-state index contributed by atoms with van der Waals surface area (Å²) < 4.78 is 49.7. The fraction of sp³-hybridized carbons (Fsp3) is 0.500. The van der Waals surface area contributed by atoms with Crippen molar-refractivity contribution in [2.75, 3.05) is 27.1 Å². The number of carbonyl (C=O) groups excluding carboxylic acids is 3. The van der Waals surface area contributed by atoms with E-state index < -0.39 is 70.9 Å². The van der Waals surface area contributed by atoms with Crippen LogP contribution < -0.4 is 15.5 Å². The van der Waals surface area contributed by atoms with Crippen molar-refractivity contribution in [2.45, 2.75) is 70.4 Å². The van der Waals surface area contributed by atoms with Crippen LogP contribution in [0, 0.1) is 11.6 Å². The number of benzene rings is 1. The first-order chi connectivity index (χ1) is 21.4. The zero-order valence-corrected chi connectivity index (χ0v) is 25.3. The predicted octanol–water partition coefficient (Wildman–Crippen LogP) is 3.54. The molecule has 0 saturated carbocycles. The molecule has 1 aromatic carbocycles. The average molecular weight is 635 g/mol. The Morgan fingerprint density at radius 2 is 2.07 bits per heavy atom. The van der Waals surface area contributed by atoms with Gasteiger partial charge in [-0.25, -0.2) is 13.6 Å². The van der Waals surface area contributed by atoms with E-state index in [0.717, 1.165) is 11.8 Å². The SMILES string of the molecule is COC[C@H](C)OC(=O)OCOc1c2n(cc(C(=O)NCc3ccc(F)cc3F)c1=O)[C@@H]1CN(C2=O)[C@@H](C)CC[C@]12CC(C)=NO2.[HH]. The Labute approximate surface area is 258 Å². The van der Waals surface area contributed by atoms with Crippen molar-refractivity contribution in [3.8, 4) is 5.75 Å². The summed E-state index contributed by atoms with van der Waals surface area (Å²) in [7, 11) is 1.43. The minimum atomic E-state index is -1.10. The second kappa shape index (κ2) is 12.8. The van der Waals surface area contributed by atoms with E-state index in [1.807, 2.05) is 13.8 Å². The summed E-state index contributed by atoms with van der Waals surface area (Å²) >= 11 is 0. The molecule has 45 heavy (non-hydrogen) atoms. The lowest BCUT2D eigenvalue weighted by molar-refractivity contribution is -0.0658. The largest absolute Gasteiger partial charge is 0.511 e. The highest BCUT2D eigenvalue weighted by Gasteiger charge is 2.54. The monoisotopic (exact) mass is 634 g/mol. The summed E-state index contributed by atoms with van der Waals surface area (Å²) in [6.07, 6.45) is 1.10. The number of rotatable bonds is 9. The molecule has 4 heterocycles. The summed E-state index contributed by atoms with van der Waals surface area (Å²) in [4.78, 5) is 60.9. The van der Waals surface area contributed by atoms with E-state index in [-0.39, 0.29) is 38.4 Å². The normalized spacial score (nSPS) is 22.6. The molecule has 3 aliphatic heterocycles. The summed E-state index contributed by atoms with van der Waals surface area (Å²) in [5.74, 6) is -3.60. The molecule has 2 bridgehead atoms. The van der Waals surface area contributed by atoms with Crippen LogP contribution in [-0.4, -0.2) is 77.9 Å². The van der Waals surface area contributed by atoms with Crippen LogP contribution in [0.2, 0.25) is 0 Å². The second-order valence-electron chi connectivity index (χ2n) is 11.4. The lowest BCUT2D eigenvalue weighted by Gasteiger charge is -2.42. The van der Waals surface area contributed by atoms with Gasteiger partial charge in [0.05, 0.1) is 18.4 Å². The summed E-state index contributed by atoms with van der Waals surface area (Å²) in [6, 6.07) is 2.09. The first-order valence-electron chi connectivity index (χ1n) is 14.4. The Hall–Kier alpha value is -4.53. The third-order valence-corrected chi connectivity index (χ3v) is 8.20. The molecule has 5 rings (SSSR count). The molecule has 1 aromatic heterocycles. The maximum atomic E-state index is 14.2. The number of methoxy groups -OCH3 is 1. The Morgan fingerprint density at radius 3 is 2.76 bits per heavy atom. The van der Waals surface area contributed by atoms with Crippen molar-refractivity contribution in [1.82, 2.24) is 14.8 Å². The van der Waals surface area contributed by atoms with Gasteiger partial charge in [-0.15, -0.1) is 0 Å². The first kappa shape index (κ1) is 31.9. The number of halogens is 2. The van der Waals surface area contributed by atoms with Gasteiger partial charge in [-0.05, 0) is 39.7 Å². The van der Waals surface area contributed by atoms with Gasteiger partial charge < -0.3 is 38.6 Å². The molecule has 2 aromatic rings. The zero-order chi connectivity index (χ0) is 32.5. The summed E-state index contributed by atoms with van der Waals surface area (Å²) in [5, 5.41) is 6.66. The molecular weight excluding hydrogens is 598 g/mol. The third-order valence-electron chi connectivity index (χ3n) is 8.20. The van der Waals surface area contributed by atoms with E-state index in [1.54, 1.807) is 11.8 Å². The molecule has 0 radical (unpaired) electrons. The number of aromatic nitrogens is 1. The number of amides is 2. The molecule has 1 spiro atoms. The molecule has 3 aliphatic rings. The number of hydrogen-bond donors (Lipinski definition) is 1. The van der Waals surface area contributed by atoms with Crippen LogP contribution in [0.3, 0.4) is 0 Å². The lowest BCUT2D eigenvalue weighted by atomic mass is 9.84. The number of nitrogens with one attached hydrogen (secondary N) is 1. The van der Waals surface area contributed by atoms with Crippen LogP contribution in [0.1, 0.15) is 73.9 Å². The van der Waals surface area contributed by atoms with Crippen LogP contribution >= 0.6 is 0 Å². The van der Waals surface area contributed by atoms with Crippen molar-refractivity contribution < 1.29 is 48.4 Å². The molecule has 15 heteroatoms. The molecule has 1 fully saturated rings. The lowest BCUT2D eigenvalue weighted by Crippen LogP contribution is -2.52. The molecule has 0 aliphatic carbocycles. The number of ether oxygens (including phenoxy) is 4. The summed E-state index contributed by atoms with van der Waals surface area (Å²) in [5.41, 5.74) is -1.67. The minimum Gasteiger partial charge on any atom is -0.451 e. The Morgan fingerprint density at radius 1 is 1.29 bits per heavy atom. The molecule has 244 valence electrons. The van der Waals surface area contributed by atoms with Gasteiger partial charge in [-0.3, -0.25) is 14.4 Å². The molecular formula is C30H36F2N4O9. The smallest absolute Gasteiger partial charge is 0.451 e. The van der Waals surface area contributed by atoms with E-state index in [1.165, 1.54) is 23.9 Å². The standard InChI is InChI=1S/C30H34F2N4O9.H2/c1-16-10-30(45-34-16)8-7-17(2)35-13-23(30)36-12-21(27(38)33-11-19-5-6-20(31)9-22(19)32)25(37)26(24(36)28(35)39)42-15-43-29(40)44-18(3)14-41-4;/h5-6,9,12,17-18,23H,7-8,10-11,13-15H2,1-4H3,(H,33,38);1H/t17-,18-,23+,30-;/m0./s1. The van der Waals surface area contributed by atoms with Crippen LogP contribution in [-0.2, 0) is 25.6 Å². The van der Waals surface area contributed by atoms with E-state index in [0.29, 0.717) is 25.3 Å². The average Bonchev–Trinajstić information content (AvgIpc) is 3.32. The highest BCUT2D eigenvalue weighted by atomic mass is 19.1. The van der Waals surface area contributed by atoms with Gasteiger partial charge in [0.25, 0.3) is 11.8 Å². The van der Waals surface area contributed by atoms with Gasteiger partial charge in [0.1, 0.15) is 23.3 Å². The van der Waals surface area contributed by atoms with E-state index in [2.05, 4.69) is 10.5 Å². The highest BCUT2D eigenvalue weighted by Crippen LogP contribution is 2.46. The van der Waals surface area contributed by atoms with Gasteiger partial charge in [0.2, 0.25) is 18.0 Å². The Kier molecular flexibility index (Phi) is 9.09. The fourth-order valence-electron chi connectivity index (χ4n) is 5.95. The summed E-state index contributed by atoms with van der Waals surface area (Å²) in [6.45, 7) is 4.45. The second-order valence-corrected chi connectivity index (χ2v) is 11.4. The highest BCUT2D eigenvalue weighted by molar-refractivity contribution is 5.99. The topological polar surface area (TPSA) is 147 Å². The van der Waals surface area contributed by atoms with E-state index in [4.69, 9.17) is 23.8 Å². The predicted molar refractivity (Wildman–Crippen MR) is 155 cm³/mol. The van der Waals surface area contributed by atoms with Crippen LogP contribution in [0.15, 0.2) is 34.3 Å². The molecule has 1 N–H and O–H groups in total. The molecule has 2 amide bonds. The number of fused-ring (bicyclic) bond motifs is 5. The van der Waals surface area contributed by atoms with Gasteiger partial charge in [0.15, 0.2) is 11.3 Å². The number of oxime groups is 1. The van der Waals surface area contributed by atoms with E-state index >= 15 is 0 Å². The maximum absolute atomic E-state index is 14.2. The van der Waals surface area contributed by atoms with Crippen LogP contribution in [0.25, 0.3) is 0 Å².